The highest BCUT2D eigenvalue weighted by atomic mass is 16.5. The number of amides is 1. The number of carbonyl (C=O) groups excluding carboxylic acids is 1. The highest BCUT2D eigenvalue weighted by Gasteiger charge is 2.43. The molecule has 1 amide bonds. The van der Waals surface area contributed by atoms with E-state index in [1.165, 1.54) is 0 Å². The van der Waals surface area contributed by atoms with E-state index >= 15 is 0 Å². The van der Waals surface area contributed by atoms with Gasteiger partial charge in [-0.25, -0.2) is 0 Å². The minimum absolute atomic E-state index is 0.230. The van der Waals surface area contributed by atoms with Gasteiger partial charge in [-0.05, 0) is 26.0 Å². The molecule has 8 nitrogen and oxygen atoms in total. The van der Waals surface area contributed by atoms with Crippen LogP contribution < -0.4 is 9.47 Å². The number of rotatable bonds is 8. The van der Waals surface area contributed by atoms with E-state index in [1.54, 1.807) is 37.7 Å². The number of likely N-dealkylation sites (tertiary alicyclic amines) is 1. The van der Waals surface area contributed by atoms with Gasteiger partial charge in [-0.1, -0.05) is 12.1 Å². The molecule has 1 N–H and O–H groups in total. The van der Waals surface area contributed by atoms with E-state index in [-0.39, 0.29) is 12.5 Å². The molecule has 3 rings (SSSR count). The number of likely N-dealkylation sites (N-methyl/N-ethyl adjacent to an activating group) is 1. The monoisotopic (exact) mass is 400 g/mol. The molecule has 0 aliphatic carbocycles. The van der Waals surface area contributed by atoms with Gasteiger partial charge in [0.05, 0.1) is 19.9 Å². The van der Waals surface area contributed by atoms with Gasteiger partial charge < -0.3 is 19.5 Å². The van der Waals surface area contributed by atoms with Crippen molar-refractivity contribution >= 4 is 5.91 Å². The van der Waals surface area contributed by atoms with Crippen molar-refractivity contribution in [2.45, 2.75) is 31.5 Å². The third-order valence-electron chi connectivity index (χ3n) is 5.13. The van der Waals surface area contributed by atoms with Crippen molar-refractivity contribution in [3.63, 3.8) is 0 Å². The highest BCUT2D eigenvalue weighted by Crippen LogP contribution is 2.33. The largest absolute Gasteiger partial charge is 0.493 e. The summed E-state index contributed by atoms with van der Waals surface area (Å²) >= 11 is 0. The minimum atomic E-state index is -1.43. The molecule has 1 aliphatic heterocycles. The second kappa shape index (κ2) is 9.19. The van der Waals surface area contributed by atoms with Gasteiger partial charge in [0.15, 0.2) is 17.1 Å². The average molecular weight is 400 g/mol. The van der Waals surface area contributed by atoms with Crippen molar-refractivity contribution in [3.8, 4) is 11.5 Å². The summed E-state index contributed by atoms with van der Waals surface area (Å²) in [5.41, 5.74) is 0.207. The second-order valence-electron chi connectivity index (χ2n) is 7.38. The molecule has 29 heavy (non-hydrogen) atoms. The van der Waals surface area contributed by atoms with Gasteiger partial charge in [-0.2, -0.15) is 0 Å². The fourth-order valence-corrected chi connectivity index (χ4v) is 3.84. The van der Waals surface area contributed by atoms with Crippen molar-refractivity contribution in [2.75, 3.05) is 34.4 Å². The predicted molar refractivity (Wildman–Crippen MR) is 108 cm³/mol. The number of hydrogen-bond acceptors (Lipinski definition) is 7. The molecule has 0 radical (unpaired) electrons. The Balaban J connectivity index is 1.71. The first kappa shape index (κ1) is 21.0. The number of aliphatic hydroxyl groups is 1. The Labute approximate surface area is 171 Å². The van der Waals surface area contributed by atoms with Gasteiger partial charge in [0.1, 0.15) is 0 Å². The molecule has 0 spiro atoms. The molecule has 0 bridgehead atoms. The minimum Gasteiger partial charge on any atom is -0.493 e. The normalized spacial score (nSPS) is 19.5. The van der Waals surface area contributed by atoms with Gasteiger partial charge in [-0.15, -0.1) is 0 Å². The molecule has 156 valence electrons. The lowest BCUT2D eigenvalue weighted by molar-refractivity contribution is -0.160. The molecule has 0 unspecified atom stereocenters. The highest BCUT2D eigenvalue weighted by molar-refractivity contribution is 5.86. The van der Waals surface area contributed by atoms with Crippen LogP contribution in [0.15, 0.2) is 36.8 Å². The van der Waals surface area contributed by atoms with Crippen LogP contribution in [0.1, 0.15) is 24.1 Å². The maximum Gasteiger partial charge on any atom is 0.256 e. The SMILES string of the molecule is COc1cccc(CN2CCC[C@@](O)(CN(C)Cc3cnccn3)C2=O)c1OC. The molecule has 1 atom stereocenters. The Morgan fingerprint density at radius 1 is 1.28 bits per heavy atom. The quantitative estimate of drug-likeness (QED) is 0.718. The van der Waals surface area contributed by atoms with E-state index < -0.39 is 5.60 Å². The summed E-state index contributed by atoms with van der Waals surface area (Å²) in [5, 5.41) is 11.1. The number of nitrogens with zero attached hydrogens (tertiary/aromatic N) is 4. The number of hydrogen-bond donors (Lipinski definition) is 1. The van der Waals surface area contributed by atoms with Crippen LogP contribution in [0.2, 0.25) is 0 Å². The predicted octanol–water partition coefficient (Wildman–Crippen LogP) is 1.48. The summed E-state index contributed by atoms with van der Waals surface area (Å²) in [5.74, 6) is 0.963. The molecule has 8 heteroatoms. The first-order valence-corrected chi connectivity index (χ1v) is 9.62. The third-order valence-corrected chi connectivity index (χ3v) is 5.13. The van der Waals surface area contributed by atoms with Crippen LogP contribution >= 0.6 is 0 Å². The zero-order valence-electron chi connectivity index (χ0n) is 17.2. The zero-order valence-corrected chi connectivity index (χ0v) is 17.2. The first-order valence-electron chi connectivity index (χ1n) is 9.62. The lowest BCUT2D eigenvalue weighted by Gasteiger charge is -2.40. The molecule has 1 aromatic heterocycles. The summed E-state index contributed by atoms with van der Waals surface area (Å²) in [6, 6.07) is 5.59. The van der Waals surface area contributed by atoms with Gasteiger partial charge in [0.2, 0.25) is 0 Å². The number of methoxy groups -OCH3 is 2. The van der Waals surface area contributed by atoms with Crippen LogP contribution in [-0.4, -0.2) is 70.7 Å². The smallest absolute Gasteiger partial charge is 0.256 e. The number of carbonyl (C=O) groups is 1. The molecule has 1 aliphatic rings. The fraction of sp³-hybridized carbons (Fsp3) is 0.476. The Kier molecular flexibility index (Phi) is 6.66. The zero-order chi connectivity index (χ0) is 20.9. The van der Waals surface area contributed by atoms with Gasteiger partial charge in [-0.3, -0.25) is 19.7 Å². The Hall–Kier alpha value is -2.71. The van der Waals surface area contributed by atoms with E-state index in [0.717, 1.165) is 17.7 Å². The number of piperidine rings is 1. The topological polar surface area (TPSA) is 88.0 Å². The molecule has 1 fully saturated rings. The van der Waals surface area contributed by atoms with Gasteiger partial charge >= 0.3 is 0 Å². The second-order valence-corrected chi connectivity index (χ2v) is 7.38. The Bertz CT molecular complexity index is 833. The number of benzene rings is 1. The van der Waals surface area contributed by atoms with Crippen molar-refractivity contribution in [2.24, 2.45) is 0 Å². The van der Waals surface area contributed by atoms with Crippen molar-refractivity contribution in [3.05, 3.63) is 48.0 Å². The number of ether oxygens (including phenoxy) is 2. The standard InChI is InChI=1S/C21H28N4O4/c1-24(14-17-12-22-9-10-23-17)15-21(27)8-5-11-25(20(21)26)13-16-6-4-7-18(28-2)19(16)29-3/h4,6-7,9-10,12,27H,5,8,11,13-15H2,1-3H3/t21-/m1/s1. The van der Waals surface area contributed by atoms with Crippen molar-refractivity contribution in [1.29, 1.82) is 0 Å². The number of para-hydroxylation sites is 1. The van der Waals surface area contributed by atoms with Gasteiger partial charge in [0, 0.05) is 50.3 Å². The van der Waals surface area contributed by atoms with E-state index in [4.69, 9.17) is 9.47 Å². The van der Waals surface area contributed by atoms with E-state index in [0.29, 0.717) is 37.6 Å². The average Bonchev–Trinajstić information content (AvgIpc) is 2.72. The van der Waals surface area contributed by atoms with Crippen molar-refractivity contribution < 1.29 is 19.4 Å². The number of aromatic nitrogens is 2. The van der Waals surface area contributed by atoms with Crippen molar-refractivity contribution in [1.82, 2.24) is 19.8 Å². The Morgan fingerprint density at radius 3 is 2.79 bits per heavy atom. The third kappa shape index (κ3) is 4.83. The molecule has 2 heterocycles. The molecule has 0 saturated carbocycles. The molecular weight excluding hydrogens is 372 g/mol. The maximum absolute atomic E-state index is 13.1. The first-order chi connectivity index (χ1) is 14.0. The lowest BCUT2D eigenvalue weighted by atomic mass is 9.90. The summed E-state index contributed by atoms with van der Waals surface area (Å²) < 4.78 is 10.8. The summed E-state index contributed by atoms with van der Waals surface area (Å²) in [6.45, 7) is 1.69. The van der Waals surface area contributed by atoms with E-state index in [2.05, 4.69) is 9.97 Å². The van der Waals surface area contributed by atoms with Gasteiger partial charge in [0.25, 0.3) is 5.91 Å². The van der Waals surface area contributed by atoms with E-state index in [9.17, 15) is 9.90 Å². The molecular formula is C21H28N4O4. The van der Waals surface area contributed by atoms with Crippen LogP contribution in [0.25, 0.3) is 0 Å². The molecule has 2 aromatic rings. The molecule has 1 saturated heterocycles. The summed E-state index contributed by atoms with van der Waals surface area (Å²) in [7, 11) is 5.03. The van der Waals surface area contributed by atoms with E-state index in [1.807, 2.05) is 30.1 Å². The molecule has 1 aromatic carbocycles. The fourth-order valence-electron chi connectivity index (χ4n) is 3.84. The van der Waals surface area contributed by atoms with Crippen LogP contribution in [0.4, 0.5) is 0 Å². The summed E-state index contributed by atoms with van der Waals surface area (Å²) in [4.78, 5) is 25.0. The summed E-state index contributed by atoms with van der Waals surface area (Å²) in [6.07, 6.45) is 6.10. The lowest BCUT2D eigenvalue weighted by Crippen LogP contribution is -2.57. The van der Waals surface area contributed by atoms with Crippen LogP contribution in [0.5, 0.6) is 11.5 Å². The Morgan fingerprint density at radius 2 is 2.10 bits per heavy atom. The van der Waals surface area contributed by atoms with Crippen LogP contribution in [0.3, 0.4) is 0 Å². The van der Waals surface area contributed by atoms with Crippen LogP contribution in [0, 0.1) is 0 Å². The van der Waals surface area contributed by atoms with Crippen LogP contribution in [-0.2, 0) is 17.9 Å². The maximum atomic E-state index is 13.1.